The van der Waals surface area contributed by atoms with Crippen molar-refractivity contribution < 1.29 is 19.1 Å². The van der Waals surface area contributed by atoms with E-state index in [0.29, 0.717) is 28.2 Å². The summed E-state index contributed by atoms with van der Waals surface area (Å²) in [5, 5.41) is 0. The van der Waals surface area contributed by atoms with Gasteiger partial charge in [0.25, 0.3) is 0 Å². The van der Waals surface area contributed by atoms with E-state index < -0.39 is 5.97 Å². The highest BCUT2D eigenvalue weighted by Gasteiger charge is 2.30. The number of hydrogen-bond acceptors (Lipinski definition) is 4. The van der Waals surface area contributed by atoms with Crippen LogP contribution < -0.4 is 9.47 Å². The van der Waals surface area contributed by atoms with Gasteiger partial charge in [0.1, 0.15) is 11.5 Å². The van der Waals surface area contributed by atoms with Crippen LogP contribution >= 0.6 is 0 Å². The lowest BCUT2D eigenvalue weighted by Gasteiger charge is -2.09. The molecule has 1 aliphatic heterocycles. The smallest absolute Gasteiger partial charge is 0.343 e. The van der Waals surface area contributed by atoms with E-state index in [9.17, 15) is 9.59 Å². The molecule has 0 bridgehead atoms. The predicted octanol–water partition coefficient (Wildman–Crippen LogP) is 5.45. The van der Waals surface area contributed by atoms with Gasteiger partial charge in [0.15, 0.2) is 5.76 Å². The van der Waals surface area contributed by atoms with Crippen molar-refractivity contribution in [3.05, 3.63) is 99.8 Å². The Morgan fingerprint density at radius 3 is 2.31 bits per heavy atom. The SMILES string of the molecule is Cc1ccccc1/C=C1\Oc2cc(OC(=O)c3ccccc3C)cc(C)c2C1=O. The summed E-state index contributed by atoms with van der Waals surface area (Å²) in [6.45, 7) is 5.64. The van der Waals surface area contributed by atoms with Gasteiger partial charge in [-0.2, -0.15) is 0 Å². The molecule has 4 heteroatoms. The van der Waals surface area contributed by atoms with Gasteiger partial charge in [-0.25, -0.2) is 4.79 Å². The number of aryl methyl sites for hydroxylation is 3. The summed E-state index contributed by atoms with van der Waals surface area (Å²) in [4.78, 5) is 25.3. The lowest BCUT2D eigenvalue weighted by atomic mass is 10.0. The third kappa shape index (κ3) is 3.57. The number of rotatable bonds is 3. The highest BCUT2D eigenvalue weighted by molar-refractivity contribution is 6.15. The van der Waals surface area contributed by atoms with Crippen molar-refractivity contribution in [1.29, 1.82) is 0 Å². The number of ketones is 1. The van der Waals surface area contributed by atoms with E-state index in [2.05, 4.69) is 0 Å². The van der Waals surface area contributed by atoms with Crippen molar-refractivity contribution in [3.63, 3.8) is 0 Å². The minimum absolute atomic E-state index is 0.169. The molecule has 0 unspecified atom stereocenters. The van der Waals surface area contributed by atoms with Gasteiger partial charge in [-0.05, 0) is 61.2 Å². The van der Waals surface area contributed by atoms with E-state index in [1.807, 2.05) is 57.2 Å². The molecule has 1 aliphatic rings. The highest BCUT2D eigenvalue weighted by atomic mass is 16.5. The molecule has 4 rings (SSSR count). The maximum Gasteiger partial charge on any atom is 0.343 e. The molecule has 0 saturated heterocycles. The van der Waals surface area contributed by atoms with Crippen LogP contribution in [0, 0.1) is 20.8 Å². The van der Waals surface area contributed by atoms with Gasteiger partial charge in [0.05, 0.1) is 11.1 Å². The molecule has 0 aliphatic carbocycles. The number of benzene rings is 3. The van der Waals surface area contributed by atoms with Crippen molar-refractivity contribution in [3.8, 4) is 11.5 Å². The fraction of sp³-hybridized carbons (Fsp3) is 0.120. The van der Waals surface area contributed by atoms with Crippen LogP contribution in [0.15, 0.2) is 66.4 Å². The Morgan fingerprint density at radius 1 is 0.897 bits per heavy atom. The van der Waals surface area contributed by atoms with E-state index in [1.54, 1.807) is 30.3 Å². The number of esters is 1. The van der Waals surface area contributed by atoms with Crippen LogP contribution in [0.4, 0.5) is 0 Å². The van der Waals surface area contributed by atoms with Gasteiger partial charge in [-0.1, -0.05) is 42.5 Å². The summed E-state index contributed by atoms with van der Waals surface area (Å²) in [6.07, 6.45) is 1.75. The molecule has 0 aromatic heterocycles. The molecular formula is C25H20O4. The van der Waals surface area contributed by atoms with Crippen LogP contribution in [0.3, 0.4) is 0 Å². The van der Waals surface area contributed by atoms with Gasteiger partial charge >= 0.3 is 5.97 Å². The van der Waals surface area contributed by atoms with Crippen LogP contribution in [-0.4, -0.2) is 11.8 Å². The molecule has 0 fully saturated rings. The van der Waals surface area contributed by atoms with E-state index in [-0.39, 0.29) is 11.5 Å². The molecule has 0 atom stereocenters. The van der Waals surface area contributed by atoms with Crippen molar-refractivity contribution >= 4 is 17.8 Å². The Kier molecular flexibility index (Phi) is 4.77. The van der Waals surface area contributed by atoms with Crippen LogP contribution in [0.2, 0.25) is 0 Å². The molecule has 0 N–H and O–H groups in total. The fourth-order valence-corrected chi connectivity index (χ4v) is 3.39. The first-order chi connectivity index (χ1) is 13.9. The minimum atomic E-state index is -0.442. The van der Waals surface area contributed by atoms with Gasteiger partial charge in [-0.15, -0.1) is 0 Å². The molecule has 0 amide bonds. The first-order valence-corrected chi connectivity index (χ1v) is 9.36. The summed E-state index contributed by atoms with van der Waals surface area (Å²) >= 11 is 0. The molecule has 4 nitrogen and oxygen atoms in total. The maximum absolute atomic E-state index is 12.8. The number of fused-ring (bicyclic) bond motifs is 1. The van der Waals surface area contributed by atoms with E-state index >= 15 is 0 Å². The molecule has 0 spiro atoms. The Labute approximate surface area is 169 Å². The summed E-state index contributed by atoms with van der Waals surface area (Å²) in [5.41, 5.74) is 4.52. The summed E-state index contributed by atoms with van der Waals surface area (Å²) < 4.78 is 11.4. The first-order valence-electron chi connectivity index (χ1n) is 9.36. The van der Waals surface area contributed by atoms with Crippen molar-refractivity contribution in [2.24, 2.45) is 0 Å². The molecular weight excluding hydrogens is 364 g/mol. The lowest BCUT2D eigenvalue weighted by Crippen LogP contribution is -2.10. The molecule has 1 heterocycles. The van der Waals surface area contributed by atoms with Crippen molar-refractivity contribution in [2.45, 2.75) is 20.8 Å². The number of Topliss-reactive ketones (excluding diaryl/α,β-unsaturated/α-hetero) is 1. The van der Waals surface area contributed by atoms with Gasteiger partial charge in [0.2, 0.25) is 5.78 Å². The zero-order valence-electron chi connectivity index (χ0n) is 16.5. The van der Waals surface area contributed by atoms with Crippen LogP contribution in [0.25, 0.3) is 6.08 Å². The second-order valence-electron chi connectivity index (χ2n) is 7.11. The number of allylic oxidation sites excluding steroid dienone is 1. The number of carbonyl (C=O) groups excluding carboxylic acids is 2. The molecule has 0 radical (unpaired) electrons. The normalized spacial score (nSPS) is 13.9. The third-order valence-corrected chi connectivity index (χ3v) is 4.99. The Bertz CT molecular complexity index is 1170. The highest BCUT2D eigenvalue weighted by Crippen LogP contribution is 2.38. The zero-order valence-corrected chi connectivity index (χ0v) is 16.5. The topological polar surface area (TPSA) is 52.6 Å². The Hall–Kier alpha value is -3.66. The van der Waals surface area contributed by atoms with E-state index in [1.165, 1.54) is 0 Å². The quantitative estimate of drug-likeness (QED) is 0.342. The van der Waals surface area contributed by atoms with E-state index in [4.69, 9.17) is 9.47 Å². The molecule has 3 aromatic carbocycles. The monoisotopic (exact) mass is 384 g/mol. The molecule has 3 aromatic rings. The minimum Gasteiger partial charge on any atom is -0.452 e. The lowest BCUT2D eigenvalue weighted by molar-refractivity contribution is 0.0733. The molecule has 144 valence electrons. The number of hydrogen-bond donors (Lipinski definition) is 0. The van der Waals surface area contributed by atoms with Crippen molar-refractivity contribution in [2.75, 3.05) is 0 Å². The van der Waals surface area contributed by atoms with Crippen LogP contribution in [-0.2, 0) is 0 Å². The number of ether oxygens (including phenoxy) is 2. The Morgan fingerprint density at radius 2 is 1.59 bits per heavy atom. The average molecular weight is 384 g/mol. The molecule has 29 heavy (non-hydrogen) atoms. The number of carbonyl (C=O) groups is 2. The second kappa shape index (κ2) is 7.40. The Balaban J connectivity index is 1.64. The third-order valence-electron chi connectivity index (χ3n) is 4.99. The summed E-state index contributed by atoms with van der Waals surface area (Å²) in [5.74, 6) is 0.404. The van der Waals surface area contributed by atoms with Crippen LogP contribution in [0.5, 0.6) is 11.5 Å². The van der Waals surface area contributed by atoms with Gasteiger partial charge in [-0.3, -0.25) is 4.79 Å². The summed E-state index contributed by atoms with van der Waals surface area (Å²) in [6, 6.07) is 18.3. The largest absolute Gasteiger partial charge is 0.452 e. The van der Waals surface area contributed by atoms with Crippen LogP contribution in [0.1, 0.15) is 43.0 Å². The standard InChI is InChI=1S/C25H20O4/c1-15-8-4-6-10-18(15)13-22-24(26)23-17(3)12-19(14-21(23)29-22)28-25(27)20-11-7-5-9-16(20)2/h4-14H,1-3H3/b22-13-. The first kappa shape index (κ1) is 18.7. The van der Waals surface area contributed by atoms with Gasteiger partial charge in [0, 0.05) is 6.07 Å². The average Bonchev–Trinajstić information content (AvgIpc) is 2.99. The molecule has 0 saturated carbocycles. The van der Waals surface area contributed by atoms with E-state index in [0.717, 1.165) is 16.7 Å². The zero-order chi connectivity index (χ0) is 20.5. The van der Waals surface area contributed by atoms with Gasteiger partial charge < -0.3 is 9.47 Å². The fourth-order valence-electron chi connectivity index (χ4n) is 3.39. The second-order valence-corrected chi connectivity index (χ2v) is 7.11. The predicted molar refractivity (Wildman–Crippen MR) is 111 cm³/mol. The summed E-state index contributed by atoms with van der Waals surface area (Å²) in [7, 11) is 0. The maximum atomic E-state index is 12.8. The van der Waals surface area contributed by atoms with Crippen molar-refractivity contribution in [1.82, 2.24) is 0 Å².